The molecule has 1 heterocycles. The molecule has 0 radical (unpaired) electrons. The average Bonchev–Trinajstić information content (AvgIpc) is 3.49. The zero-order valence-electron chi connectivity index (χ0n) is 27.5. The van der Waals surface area contributed by atoms with Crippen molar-refractivity contribution < 1.29 is 24.2 Å². The number of unbranched alkanes of at least 4 members (excludes halogenated alkanes) is 5. The zero-order chi connectivity index (χ0) is 30.7. The Morgan fingerprint density at radius 1 is 1.02 bits per heavy atom. The van der Waals surface area contributed by atoms with Crippen LogP contribution in [-0.2, 0) is 19.1 Å². The van der Waals surface area contributed by atoms with Gasteiger partial charge in [-0.25, -0.2) is 0 Å². The van der Waals surface area contributed by atoms with Gasteiger partial charge in [-0.2, -0.15) is 0 Å². The Morgan fingerprint density at radius 2 is 1.84 bits per heavy atom. The standard InChI is InChI=1S/C39H58O5/c1-27(25-43-37(42)16-12-6-4-3-5-9-13-28-14-10-7-8-11-15-35(28)41)31-17-18-32-30-24-36-34-23-29(40)19-22-39(34,26-44-36)33(30)20-21-38(31,32)2/h13,23,30-33,35-36,41H,1,3-12,14-22,24-26H2,2H3/b28-13-/t30?,31-,32?,33?,35?,36+,38-,39+/m1/s1. The number of fused-ring (bicyclic) bond motifs is 3. The fourth-order valence-electron chi connectivity index (χ4n) is 10.9. The van der Waals surface area contributed by atoms with Gasteiger partial charge in [0.05, 0.1) is 18.8 Å². The first-order chi connectivity index (χ1) is 21.3. The summed E-state index contributed by atoms with van der Waals surface area (Å²) in [6.45, 7) is 8.15. The number of hydrogen-bond acceptors (Lipinski definition) is 5. The number of carbonyl (C=O) groups excluding carboxylic acids is 2. The monoisotopic (exact) mass is 606 g/mol. The highest BCUT2D eigenvalue weighted by Gasteiger charge is 2.64. The zero-order valence-corrected chi connectivity index (χ0v) is 27.5. The van der Waals surface area contributed by atoms with Gasteiger partial charge in [0.1, 0.15) is 6.61 Å². The van der Waals surface area contributed by atoms with Crippen molar-refractivity contribution in [2.75, 3.05) is 13.2 Å². The lowest BCUT2D eigenvalue weighted by atomic mass is 9.46. The summed E-state index contributed by atoms with van der Waals surface area (Å²) in [4.78, 5) is 24.9. The molecule has 1 aliphatic heterocycles. The Kier molecular flexibility index (Phi) is 10.2. The molecule has 5 nitrogen and oxygen atoms in total. The highest BCUT2D eigenvalue weighted by molar-refractivity contribution is 5.92. The Bertz CT molecular complexity index is 1140. The van der Waals surface area contributed by atoms with E-state index >= 15 is 0 Å². The molecule has 8 atom stereocenters. The number of esters is 1. The second-order valence-corrected chi connectivity index (χ2v) is 15.7. The normalized spacial score (nSPS) is 39.1. The van der Waals surface area contributed by atoms with Crippen molar-refractivity contribution in [3.63, 3.8) is 0 Å². The largest absolute Gasteiger partial charge is 0.461 e. The number of aliphatic hydroxyl groups excluding tert-OH is 1. The summed E-state index contributed by atoms with van der Waals surface area (Å²) in [6.07, 6.45) is 25.6. The smallest absolute Gasteiger partial charge is 0.306 e. The van der Waals surface area contributed by atoms with Crippen LogP contribution in [0.2, 0.25) is 0 Å². The Morgan fingerprint density at radius 3 is 2.73 bits per heavy atom. The lowest BCUT2D eigenvalue weighted by Crippen LogP contribution is -2.52. The van der Waals surface area contributed by atoms with Gasteiger partial charge in [0.15, 0.2) is 5.78 Å². The molecule has 44 heavy (non-hydrogen) atoms. The van der Waals surface area contributed by atoms with Crippen LogP contribution < -0.4 is 0 Å². The number of rotatable bonds is 11. The molecule has 2 bridgehead atoms. The second-order valence-electron chi connectivity index (χ2n) is 15.7. The second kappa shape index (κ2) is 14.0. The minimum Gasteiger partial charge on any atom is -0.461 e. The van der Waals surface area contributed by atoms with Crippen molar-refractivity contribution in [3.8, 4) is 0 Å². The third-order valence-corrected chi connectivity index (χ3v) is 13.3. The maximum Gasteiger partial charge on any atom is 0.306 e. The highest BCUT2D eigenvalue weighted by atomic mass is 16.5. The molecular weight excluding hydrogens is 548 g/mol. The molecule has 5 aliphatic carbocycles. The summed E-state index contributed by atoms with van der Waals surface area (Å²) in [5, 5.41) is 10.4. The van der Waals surface area contributed by atoms with Gasteiger partial charge in [0, 0.05) is 18.3 Å². The fourth-order valence-corrected chi connectivity index (χ4v) is 10.9. The van der Waals surface area contributed by atoms with Crippen LogP contribution in [0.25, 0.3) is 0 Å². The molecule has 4 saturated carbocycles. The summed E-state index contributed by atoms with van der Waals surface area (Å²) in [5.41, 5.74) is 4.05. The molecule has 0 amide bonds. The molecule has 244 valence electrons. The van der Waals surface area contributed by atoms with Gasteiger partial charge >= 0.3 is 5.97 Å². The molecule has 5 fully saturated rings. The first kappa shape index (κ1) is 32.2. The quantitative estimate of drug-likeness (QED) is 0.145. The summed E-state index contributed by atoms with van der Waals surface area (Å²) >= 11 is 0. The van der Waals surface area contributed by atoms with Crippen LogP contribution in [0.15, 0.2) is 35.5 Å². The predicted octanol–water partition coefficient (Wildman–Crippen LogP) is 8.59. The number of allylic oxidation sites excluding steroid dienone is 1. The number of ketones is 1. The van der Waals surface area contributed by atoms with Gasteiger partial charge in [-0.05, 0) is 129 Å². The predicted molar refractivity (Wildman–Crippen MR) is 174 cm³/mol. The van der Waals surface area contributed by atoms with E-state index in [4.69, 9.17) is 9.47 Å². The summed E-state index contributed by atoms with van der Waals surface area (Å²) in [6, 6.07) is 0. The Labute approximate surface area is 266 Å². The van der Waals surface area contributed by atoms with Crippen LogP contribution >= 0.6 is 0 Å². The summed E-state index contributed by atoms with van der Waals surface area (Å²) in [7, 11) is 0. The lowest BCUT2D eigenvalue weighted by Gasteiger charge is -2.57. The van der Waals surface area contributed by atoms with Crippen LogP contribution in [0.5, 0.6) is 0 Å². The minimum absolute atomic E-state index is 0.0798. The van der Waals surface area contributed by atoms with Crippen molar-refractivity contribution in [2.24, 2.45) is 34.5 Å². The van der Waals surface area contributed by atoms with Crippen molar-refractivity contribution in [1.29, 1.82) is 0 Å². The van der Waals surface area contributed by atoms with Crippen LogP contribution in [0.3, 0.4) is 0 Å². The molecular formula is C39H58O5. The number of aliphatic hydroxyl groups is 1. The molecule has 0 aromatic rings. The topological polar surface area (TPSA) is 72.8 Å². The van der Waals surface area contributed by atoms with E-state index in [0.29, 0.717) is 48.9 Å². The van der Waals surface area contributed by atoms with E-state index in [1.54, 1.807) is 0 Å². The van der Waals surface area contributed by atoms with E-state index in [2.05, 4.69) is 19.6 Å². The Balaban J connectivity index is 0.899. The lowest BCUT2D eigenvalue weighted by molar-refractivity contribution is -0.143. The molecule has 0 aromatic heterocycles. The Hall–Kier alpha value is -1.72. The van der Waals surface area contributed by atoms with Crippen LogP contribution in [0.4, 0.5) is 0 Å². The van der Waals surface area contributed by atoms with Crippen molar-refractivity contribution >= 4 is 11.8 Å². The van der Waals surface area contributed by atoms with E-state index in [-0.39, 0.29) is 29.0 Å². The average molecular weight is 607 g/mol. The van der Waals surface area contributed by atoms with Gasteiger partial charge in [-0.3, -0.25) is 9.59 Å². The SMILES string of the molecule is C=C(COC(=O)CCCCCCC/C=C1/CCCCCCC1O)[C@H]1CCC2C3C[C@@H]4OC[C@@]5(CCC(=O)C=C45)C3CC[C@@]21C. The molecule has 0 aromatic carbocycles. The highest BCUT2D eigenvalue weighted by Crippen LogP contribution is 2.69. The molecule has 5 heteroatoms. The molecule has 1 saturated heterocycles. The van der Waals surface area contributed by atoms with E-state index in [1.165, 1.54) is 56.1 Å². The molecule has 0 spiro atoms. The first-order valence-corrected chi connectivity index (χ1v) is 18.4. The molecule has 6 rings (SSSR count). The fraction of sp³-hybridized carbons (Fsp3) is 0.795. The third-order valence-electron chi connectivity index (χ3n) is 13.3. The molecule has 1 N–H and O–H groups in total. The van der Waals surface area contributed by atoms with Gasteiger partial charge in [-0.1, -0.05) is 58.1 Å². The van der Waals surface area contributed by atoms with Gasteiger partial charge in [-0.15, -0.1) is 0 Å². The summed E-state index contributed by atoms with van der Waals surface area (Å²) in [5.74, 6) is 2.60. The van der Waals surface area contributed by atoms with Gasteiger partial charge < -0.3 is 14.6 Å². The summed E-state index contributed by atoms with van der Waals surface area (Å²) < 4.78 is 12.2. The molecule has 4 unspecified atom stereocenters. The number of hydrogen-bond donors (Lipinski definition) is 1. The van der Waals surface area contributed by atoms with E-state index < -0.39 is 0 Å². The minimum atomic E-state index is -0.219. The van der Waals surface area contributed by atoms with Crippen LogP contribution in [-0.4, -0.2) is 42.3 Å². The van der Waals surface area contributed by atoms with E-state index in [9.17, 15) is 14.7 Å². The van der Waals surface area contributed by atoms with Gasteiger partial charge in [0.25, 0.3) is 0 Å². The first-order valence-electron chi connectivity index (χ1n) is 18.4. The van der Waals surface area contributed by atoms with E-state index in [0.717, 1.165) is 82.8 Å². The van der Waals surface area contributed by atoms with Crippen molar-refractivity contribution in [2.45, 2.75) is 148 Å². The van der Waals surface area contributed by atoms with E-state index in [1.807, 2.05) is 6.08 Å². The maximum atomic E-state index is 12.6. The van der Waals surface area contributed by atoms with Gasteiger partial charge in [0.2, 0.25) is 0 Å². The third kappa shape index (κ3) is 6.43. The number of ether oxygens (including phenoxy) is 2. The maximum absolute atomic E-state index is 12.6. The molecule has 6 aliphatic rings. The van der Waals surface area contributed by atoms with Crippen molar-refractivity contribution in [1.82, 2.24) is 0 Å². The van der Waals surface area contributed by atoms with Crippen molar-refractivity contribution in [3.05, 3.63) is 35.5 Å². The van der Waals surface area contributed by atoms with Crippen LogP contribution in [0.1, 0.15) is 135 Å². The van der Waals surface area contributed by atoms with Crippen LogP contribution in [0, 0.1) is 34.5 Å². The number of carbonyl (C=O) groups is 2.